The van der Waals surface area contributed by atoms with Gasteiger partial charge in [-0.15, -0.1) is 10.2 Å². The van der Waals surface area contributed by atoms with E-state index in [4.69, 9.17) is 11.6 Å². The third-order valence-corrected chi connectivity index (χ3v) is 8.72. The number of carbonyl (C=O) groups is 2. The van der Waals surface area contributed by atoms with Gasteiger partial charge in [-0.25, -0.2) is 4.79 Å². The first kappa shape index (κ1) is 27.5. The SMILES string of the molecule is Cc1ccc2c(c1)c(-c1cncc(C(=O)O)c1)c1n2C[C@@](NC(=O)c2ccc(-n3cnnc3)cc2Cl)(c2ccccc2)CC1. The molecule has 1 amide bonds. The van der Waals surface area contributed by atoms with Crippen molar-refractivity contribution in [2.75, 3.05) is 0 Å². The van der Waals surface area contributed by atoms with Crippen LogP contribution in [0, 0.1) is 6.92 Å². The number of halogens is 1. The predicted octanol–water partition coefficient (Wildman–Crippen LogP) is 6.22. The van der Waals surface area contributed by atoms with Gasteiger partial charge in [-0.2, -0.15) is 0 Å². The summed E-state index contributed by atoms with van der Waals surface area (Å²) in [5, 5.41) is 22.1. The maximum absolute atomic E-state index is 14.0. The molecule has 9 nitrogen and oxygen atoms in total. The molecule has 0 fully saturated rings. The van der Waals surface area contributed by atoms with Crippen molar-refractivity contribution >= 4 is 34.4 Å². The standard InChI is InChI=1S/C34H27ClN6O3/c1-21-7-10-29-27(13-21)31(22-14-23(33(43)44)17-36-16-22)30-11-12-34(18-41(29)30,24-5-3-2-4-6-24)39-32(42)26-9-8-25(15-28(26)35)40-19-37-38-20-40/h2-10,13-17,19-20H,11-12,18H2,1H3,(H,39,42)(H,43,44)/t34-/m1/s1. The van der Waals surface area contributed by atoms with Crippen molar-refractivity contribution in [1.82, 2.24) is 29.6 Å². The van der Waals surface area contributed by atoms with Crippen LogP contribution in [-0.4, -0.2) is 41.3 Å². The first-order chi connectivity index (χ1) is 21.3. The molecule has 10 heteroatoms. The summed E-state index contributed by atoms with van der Waals surface area (Å²) in [5.74, 6) is -1.30. The van der Waals surface area contributed by atoms with E-state index in [0.717, 1.165) is 44.5 Å². The number of nitrogens with zero attached hydrogens (tertiary/aromatic N) is 5. The maximum atomic E-state index is 14.0. The lowest BCUT2D eigenvalue weighted by molar-refractivity contribution is 0.0696. The molecule has 0 radical (unpaired) electrons. The molecule has 0 saturated heterocycles. The molecule has 0 bridgehead atoms. The van der Waals surface area contributed by atoms with E-state index in [1.165, 1.54) is 6.20 Å². The van der Waals surface area contributed by atoms with Crippen molar-refractivity contribution in [3.63, 3.8) is 0 Å². The first-order valence-corrected chi connectivity index (χ1v) is 14.5. The van der Waals surface area contributed by atoms with E-state index in [1.807, 2.05) is 43.3 Å². The van der Waals surface area contributed by atoms with Crippen LogP contribution in [0.15, 0.2) is 97.8 Å². The molecule has 4 heterocycles. The Kier molecular flexibility index (Phi) is 6.74. The lowest BCUT2D eigenvalue weighted by atomic mass is 9.81. The highest BCUT2D eigenvalue weighted by Gasteiger charge is 2.40. The van der Waals surface area contributed by atoms with E-state index >= 15 is 0 Å². The topological polar surface area (TPSA) is 115 Å². The van der Waals surface area contributed by atoms with E-state index in [2.05, 4.69) is 43.3 Å². The average Bonchev–Trinajstić information content (AvgIpc) is 3.68. The minimum atomic E-state index is -1.02. The molecule has 0 unspecified atom stereocenters. The summed E-state index contributed by atoms with van der Waals surface area (Å²) >= 11 is 6.66. The van der Waals surface area contributed by atoms with Gasteiger partial charge in [0.25, 0.3) is 5.91 Å². The molecular formula is C34H27ClN6O3. The zero-order valence-corrected chi connectivity index (χ0v) is 24.5. The fraction of sp³-hybridized carbons (Fsp3) is 0.147. The molecule has 1 atom stereocenters. The second-order valence-electron chi connectivity index (χ2n) is 11.1. The van der Waals surface area contributed by atoms with Gasteiger partial charge >= 0.3 is 5.97 Å². The number of fused-ring (bicyclic) bond motifs is 3. The maximum Gasteiger partial charge on any atom is 0.337 e. The van der Waals surface area contributed by atoms with Crippen LogP contribution in [0.4, 0.5) is 0 Å². The summed E-state index contributed by atoms with van der Waals surface area (Å²) < 4.78 is 3.98. The minimum absolute atomic E-state index is 0.136. The van der Waals surface area contributed by atoms with E-state index in [9.17, 15) is 14.7 Å². The lowest BCUT2D eigenvalue weighted by Crippen LogP contribution is -2.51. The number of carboxylic acids is 1. The molecule has 1 aliphatic heterocycles. The van der Waals surface area contributed by atoms with Gasteiger partial charge in [0.1, 0.15) is 12.7 Å². The van der Waals surface area contributed by atoms with Crippen molar-refractivity contribution < 1.29 is 14.7 Å². The highest BCUT2D eigenvalue weighted by molar-refractivity contribution is 6.34. The largest absolute Gasteiger partial charge is 0.478 e. The fourth-order valence-corrected chi connectivity index (χ4v) is 6.55. The average molecular weight is 603 g/mol. The Morgan fingerprint density at radius 2 is 1.77 bits per heavy atom. The van der Waals surface area contributed by atoms with Gasteiger partial charge in [-0.1, -0.05) is 53.6 Å². The Morgan fingerprint density at radius 1 is 0.977 bits per heavy atom. The number of amides is 1. The minimum Gasteiger partial charge on any atom is -0.478 e. The Morgan fingerprint density at radius 3 is 2.52 bits per heavy atom. The molecule has 218 valence electrons. The number of hydrogen-bond donors (Lipinski definition) is 2. The summed E-state index contributed by atoms with van der Waals surface area (Å²) in [4.78, 5) is 30.0. The van der Waals surface area contributed by atoms with Crippen LogP contribution in [0.2, 0.25) is 5.02 Å². The summed E-state index contributed by atoms with van der Waals surface area (Å²) in [5.41, 5.74) is 6.41. The number of pyridine rings is 1. The molecule has 6 aromatic rings. The fourth-order valence-electron chi connectivity index (χ4n) is 6.29. The third kappa shape index (κ3) is 4.71. The molecule has 7 rings (SSSR count). The first-order valence-electron chi connectivity index (χ1n) is 14.2. The normalized spacial score (nSPS) is 16.0. The second kappa shape index (κ2) is 10.8. The van der Waals surface area contributed by atoms with Gasteiger partial charge in [0.2, 0.25) is 0 Å². The van der Waals surface area contributed by atoms with Gasteiger partial charge in [0, 0.05) is 45.8 Å². The molecule has 1 aliphatic rings. The zero-order valence-electron chi connectivity index (χ0n) is 23.7. The van der Waals surface area contributed by atoms with Crippen LogP contribution in [0.25, 0.3) is 27.7 Å². The number of aromatic carboxylic acids is 1. The Balaban J connectivity index is 1.33. The molecule has 0 saturated carbocycles. The number of hydrogen-bond acceptors (Lipinski definition) is 5. The summed E-state index contributed by atoms with van der Waals surface area (Å²) in [6, 6.07) is 23.2. The van der Waals surface area contributed by atoms with Gasteiger partial charge < -0.3 is 15.0 Å². The summed E-state index contributed by atoms with van der Waals surface area (Å²) in [6.07, 6.45) is 7.48. The number of aromatic nitrogens is 5. The summed E-state index contributed by atoms with van der Waals surface area (Å²) in [7, 11) is 0. The number of carbonyl (C=O) groups excluding carboxylic acids is 1. The van der Waals surface area contributed by atoms with E-state index in [-0.39, 0.29) is 11.5 Å². The number of rotatable bonds is 6. The van der Waals surface area contributed by atoms with Crippen molar-refractivity contribution in [1.29, 1.82) is 0 Å². The highest BCUT2D eigenvalue weighted by Crippen LogP contribution is 2.43. The molecule has 3 aromatic carbocycles. The Hall–Kier alpha value is -5.28. The van der Waals surface area contributed by atoms with Gasteiger partial charge in [0.05, 0.1) is 28.2 Å². The quantitative estimate of drug-likeness (QED) is 0.234. The molecule has 2 N–H and O–H groups in total. The molecular weight excluding hydrogens is 576 g/mol. The molecule has 0 aliphatic carbocycles. The smallest absolute Gasteiger partial charge is 0.337 e. The monoisotopic (exact) mass is 602 g/mol. The van der Waals surface area contributed by atoms with E-state index in [0.29, 0.717) is 30.0 Å². The van der Waals surface area contributed by atoms with E-state index in [1.54, 1.807) is 41.6 Å². The van der Waals surface area contributed by atoms with Crippen LogP contribution in [0.1, 0.15) is 44.0 Å². The third-order valence-electron chi connectivity index (χ3n) is 8.41. The van der Waals surface area contributed by atoms with E-state index < -0.39 is 11.5 Å². The van der Waals surface area contributed by atoms with Crippen LogP contribution in [-0.2, 0) is 18.5 Å². The second-order valence-corrected chi connectivity index (χ2v) is 11.5. The van der Waals surface area contributed by atoms with Gasteiger partial charge in [0.15, 0.2) is 0 Å². The van der Waals surface area contributed by atoms with Crippen LogP contribution >= 0.6 is 11.6 Å². The zero-order chi connectivity index (χ0) is 30.4. The van der Waals surface area contributed by atoms with Crippen molar-refractivity contribution in [2.45, 2.75) is 31.8 Å². The van der Waals surface area contributed by atoms with Crippen LogP contribution in [0.3, 0.4) is 0 Å². The number of benzene rings is 3. The molecule has 44 heavy (non-hydrogen) atoms. The van der Waals surface area contributed by atoms with Crippen LogP contribution < -0.4 is 5.32 Å². The molecule has 0 spiro atoms. The number of aryl methyl sites for hydroxylation is 1. The van der Waals surface area contributed by atoms with Crippen molar-refractivity contribution in [3.8, 4) is 16.8 Å². The van der Waals surface area contributed by atoms with Crippen molar-refractivity contribution in [2.24, 2.45) is 0 Å². The van der Waals surface area contributed by atoms with Crippen LogP contribution in [0.5, 0.6) is 0 Å². The lowest BCUT2D eigenvalue weighted by Gasteiger charge is -2.40. The van der Waals surface area contributed by atoms with Crippen molar-refractivity contribution in [3.05, 3.63) is 131 Å². The van der Waals surface area contributed by atoms with Gasteiger partial charge in [-0.05, 0) is 61.7 Å². The highest BCUT2D eigenvalue weighted by atomic mass is 35.5. The summed E-state index contributed by atoms with van der Waals surface area (Å²) in [6.45, 7) is 2.51. The number of nitrogens with one attached hydrogen (secondary N) is 1. The Bertz CT molecular complexity index is 2060. The van der Waals surface area contributed by atoms with Gasteiger partial charge in [-0.3, -0.25) is 14.3 Å². The number of carboxylic acid groups (broad SMARTS) is 1. The predicted molar refractivity (Wildman–Crippen MR) is 167 cm³/mol. The molecule has 3 aromatic heterocycles. The Labute approximate surface area is 257 Å².